The van der Waals surface area contributed by atoms with E-state index in [0.29, 0.717) is 12.3 Å². The maximum Gasteiger partial charge on any atom is 0.322 e. The molecule has 0 saturated carbocycles. The molecule has 1 atom stereocenters. The molecular weight excluding hydrogens is 290 g/mol. The molecule has 0 spiro atoms. The van der Waals surface area contributed by atoms with Gasteiger partial charge in [-0.25, -0.2) is 9.00 Å². The highest BCUT2D eigenvalue weighted by Crippen LogP contribution is 2.03. The topological polar surface area (TPSA) is 70.7 Å². The summed E-state index contributed by atoms with van der Waals surface area (Å²) in [6, 6.07) is -0.0615. The van der Waals surface area contributed by atoms with Crippen molar-refractivity contribution in [2.24, 2.45) is 0 Å². The molecule has 1 aliphatic heterocycles. The smallest absolute Gasteiger partial charge is 0.322 e. The van der Waals surface area contributed by atoms with Crippen molar-refractivity contribution in [3.05, 3.63) is 11.9 Å². The quantitative estimate of drug-likeness (QED) is 0.638. The monoisotopic (exact) mass is 319 g/mol. The van der Waals surface area contributed by atoms with E-state index in [1.165, 1.54) is 7.11 Å². The molecule has 0 fully saturated rings. The fraction of sp³-hybridized carbons (Fsp3) is 0.786. The third kappa shape index (κ3) is 8.06. The number of hydrogen-bond donors (Lipinski definition) is 2. The molecule has 1 unspecified atom stereocenters. The van der Waals surface area contributed by atoms with Gasteiger partial charge in [-0.3, -0.25) is 9.50 Å². The van der Waals surface area contributed by atoms with Crippen LogP contribution in [0.15, 0.2) is 11.9 Å². The Morgan fingerprint density at radius 1 is 1.48 bits per heavy atom. The van der Waals surface area contributed by atoms with Gasteiger partial charge in [-0.2, -0.15) is 0 Å². The predicted molar refractivity (Wildman–Crippen MR) is 87.1 cm³/mol. The van der Waals surface area contributed by atoms with Crippen LogP contribution in [0.25, 0.3) is 0 Å². The minimum Gasteiger partial charge on any atom is -0.371 e. The summed E-state index contributed by atoms with van der Waals surface area (Å²) < 4.78 is 15.8. The average molecular weight is 319 g/mol. The van der Waals surface area contributed by atoms with E-state index in [-0.39, 0.29) is 13.5 Å². The van der Waals surface area contributed by atoms with E-state index < -0.39 is 11.1 Å². The van der Waals surface area contributed by atoms with Gasteiger partial charge in [0, 0.05) is 25.4 Å². The number of nitrogens with zero attached hydrogens (tertiary/aromatic N) is 1. The molecule has 21 heavy (non-hydrogen) atoms. The number of amides is 2. The Balaban J connectivity index is 0.00000400. The zero-order valence-electron chi connectivity index (χ0n) is 12.3. The molecule has 2 N–H and O–H groups in total. The molecule has 0 saturated heterocycles. The van der Waals surface area contributed by atoms with Gasteiger partial charge in [0.05, 0.1) is 7.11 Å². The molecule has 124 valence electrons. The van der Waals surface area contributed by atoms with Gasteiger partial charge >= 0.3 is 6.03 Å². The molecule has 1 rings (SSSR count). The molecule has 0 bridgehead atoms. The van der Waals surface area contributed by atoms with E-state index in [9.17, 15) is 9.00 Å². The molecular formula is C14H29N3O3S. The van der Waals surface area contributed by atoms with Crippen LogP contribution in [0.5, 0.6) is 0 Å². The first-order valence-corrected chi connectivity index (χ1v) is 8.34. The second kappa shape index (κ2) is 11.6. The molecule has 0 aliphatic carbocycles. The van der Waals surface area contributed by atoms with Crippen molar-refractivity contribution >= 4 is 17.1 Å². The summed E-state index contributed by atoms with van der Waals surface area (Å²) in [4.78, 5) is 13.8. The maximum absolute atomic E-state index is 12.0. The Morgan fingerprint density at radius 2 is 2.24 bits per heavy atom. The van der Waals surface area contributed by atoms with Crippen molar-refractivity contribution in [3.8, 4) is 0 Å². The lowest BCUT2D eigenvalue weighted by atomic mass is 10.2. The molecule has 0 aromatic rings. The van der Waals surface area contributed by atoms with E-state index in [0.717, 1.165) is 44.6 Å². The standard InChI is InChI=1S/C13H25N3O3S.CH4/c1-3-16(10-5-4-6-11-20(18)19-2)13(17)15-12-8-7-9-14-12;/h8,14H,3-7,9-11H2,1-2H3,(H,15,17);1H4. The molecule has 6 nitrogen and oxygen atoms in total. The van der Waals surface area contributed by atoms with Crippen LogP contribution in [-0.4, -0.2) is 47.6 Å². The largest absolute Gasteiger partial charge is 0.371 e. The Kier molecular flexibility index (Phi) is 11.0. The number of carbonyl (C=O) groups excluding carboxylic acids is 1. The van der Waals surface area contributed by atoms with Crippen molar-refractivity contribution < 1.29 is 13.2 Å². The van der Waals surface area contributed by atoms with Crippen molar-refractivity contribution in [1.29, 1.82) is 0 Å². The van der Waals surface area contributed by atoms with Gasteiger partial charge in [-0.15, -0.1) is 0 Å². The van der Waals surface area contributed by atoms with E-state index in [2.05, 4.69) is 10.6 Å². The van der Waals surface area contributed by atoms with E-state index in [4.69, 9.17) is 4.18 Å². The van der Waals surface area contributed by atoms with Gasteiger partial charge < -0.3 is 10.2 Å². The van der Waals surface area contributed by atoms with Crippen molar-refractivity contribution in [2.45, 2.75) is 40.0 Å². The molecule has 1 aliphatic rings. The molecule has 2 amide bonds. The fourth-order valence-corrected chi connectivity index (χ4v) is 2.58. The van der Waals surface area contributed by atoms with Crippen LogP contribution in [0.4, 0.5) is 4.79 Å². The van der Waals surface area contributed by atoms with Crippen LogP contribution < -0.4 is 10.6 Å². The van der Waals surface area contributed by atoms with Crippen LogP contribution >= 0.6 is 0 Å². The Morgan fingerprint density at radius 3 is 2.81 bits per heavy atom. The highest BCUT2D eigenvalue weighted by molar-refractivity contribution is 7.80. The summed E-state index contributed by atoms with van der Waals surface area (Å²) in [6.45, 7) is 4.26. The normalized spacial score (nSPS) is 14.7. The van der Waals surface area contributed by atoms with E-state index >= 15 is 0 Å². The van der Waals surface area contributed by atoms with Gasteiger partial charge in [0.25, 0.3) is 0 Å². The molecule has 1 heterocycles. The second-order valence-electron chi connectivity index (χ2n) is 4.58. The van der Waals surface area contributed by atoms with Crippen LogP contribution in [0.3, 0.4) is 0 Å². The third-order valence-corrected chi connectivity index (χ3v) is 4.14. The van der Waals surface area contributed by atoms with Crippen LogP contribution in [0.1, 0.15) is 40.0 Å². The first-order valence-electron chi connectivity index (χ1n) is 7.10. The molecule has 0 aromatic carbocycles. The van der Waals surface area contributed by atoms with Gasteiger partial charge in [0.15, 0.2) is 11.1 Å². The van der Waals surface area contributed by atoms with Gasteiger partial charge in [0.1, 0.15) is 5.82 Å². The minimum atomic E-state index is -1.16. The number of hydrogen-bond acceptors (Lipinski definition) is 4. The lowest BCUT2D eigenvalue weighted by Crippen LogP contribution is -2.41. The van der Waals surface area contributed by atoms with Crippen molar-refractivity contribution in [1.82, 2.24) is 15.5 Å². The summed E-state index contributed by atoms with van der Waals surface area (Å²) in [5, 5.41) is 5.98. The van der Waals surface area contributed by atoms with Gasteiger partial charge in [-0.05, 0) is 32.3 Å². The lowest BCUT2D eigenvalue weighted by Gasteiger charge is -2.21. The molecule has 0 aromatic heterocycles. The van der Waals surface area contributed by atoms with E-state index in [1.807, 2.05) is 13.0 Å². The van der Waals surface area contributed by atoms with Crippen molar-refractivity contribution in [2.75, 3.05) is 32.5 Å². The zero-order valence-corrected chi connectivity index (χ0v) is 13.1. The lowest BCUT2D eigenvalue weighted by molar-refractivity contribution is 0.202. The molecule has 7 heteroatoms. The predicted octanol–water partition coefficient (Wildman–Crippen LogP) is 1.97. The van der Waals surface area contributed by atoms with Crippen molar-refractivity contribution in [3.63, 3.8) is 0 Å². The molecule has 0 radical (unpaired) electrons. The summed E-state index contributed by atoms with van der Waals surface area (Å²) >= 11 is -1.16. The number of nitrogens with one attached hydrogen (secondary N) is 2. The number of carbonyl (C=O) groups is 1. The van der Waals surface area contributed by atoms with Crippen LogP contribution in [-0.2, 0) is 15.3 Å². The summed E-state index contributed by atoms with van der Waals surface area (Å²) in [6.07, 6.45) is 5.66. The van der Waals surface area contributed by atoms with Gasteiger partial charge in [0.2, 0.25) is 0 Å². The summed E-state index contributed by atoms with van der Waals surface area (Å²) in [5.74, 6) is 1.37. The van der Waals surface area contributed by atoms with Gasteiger partial charge in [-0.1, -0.05) is 13.8 Å². The number of unbranched alkanes of at least 4 members (excludes halogenated alkanes) is 2. The van der Waals surface area contributed by atoms with E-state index in [1.54, 1.807) is 4.90 Å². The van der Waals surface area contributed by atoms with Crippen LogP contribution in [0, 0.1) is 0 Å². The number of urea groups is 1. The first-order chi connectivity index (χ1) is 9.67. The third-order valence-electron chi connectivity index (χ3n) is 3.14. The highest BCUT2D eigenvalue weighted by atomic mass is 32.2. The minimum absolute atomic E-state index is 0. The summed E-state index contributed by atoms with van der Waals surface area (Å²) in [7, 11) is 1.45. The fourth-order valence-electron chi connectivity index (χ4n) is 1.97. The zero-order chi connectivity index (χ0) is 14.8. The summed E-state index contributed by atoms with van der Waals surface area (Å²) in [5.41, 5.74) is 0. The average Bonchev–Trinajstić information content (AvgIpc) is 2.95. The number of rotatable bonds is 9. The Hall–Kier alpha value is -1.08. The first kappa shape index (κ1) is 19.9. The Labute approximate surface area is 131 Å². The highest BCUT2D eigenvalue weighted by Gasteiger charge is 2.13. The SMILES string of the molecule is C.CCN(CCCCCS(=O)OC)C(=O)NC1=CCCN1. The maximum atomic E-state index is 12.0. The second-order valence-corrected chi connectivity index (χ2v) is 5.93. The van der Waals surface area contributed by atoms with Crippen LogP contribution in [0.2, 0.25) is 0 Å². The Bertz CT molecular complexity index is 361.